The van der Waals surface area contributed by atoms with Crippen molar-refractivity contribution < 1.29 is 8.78 Å². The monoisotopic (exact) mass is 168 g/mol. The Labute approximate surface area is 70.2 Å². The Morgan fingerprint density at radius 1 is 1.25 bits per heavy atom. The fraction of sp³-hybridized carbons (Fsp3) is 0.400. The molecule has 2 atom stereocenters. The van der Waals surface area contributed by atoms with Crippen molar-refractivity contribution in [3.63, 3.8) is 0 Å². The molecular formula is C10H10F2. The van der Waals surface area contributed by atoms with Crippen LogP contribution in [0.5, 0.6) is 0 Å². The van der Waals surface area contributed by atoms with Crippen molar-refractivity contribution in [2.24, 2.45) is 5.92 Å². The molecule has 0 radical (unpaired) electrons. The summed E-state index contributed by atoms with van der Waals surface area (Å²) in [5.41, 5.74) is 0.932. The molecule has 0 aliphatic heterocycles. The highest BCUT2D eigenvalue weighted by atomic mass is 19.2. The maximum absolute atomic E-state index is 12.7. The molecule has 0 amide bonds. The summed E-state index contributed by atoms with van der Waals surface area (Å²) >= 11 is 0. The zero-order chi connectivity index (χ0) is 8.72. The highest BCUT2D eigenvalue weighted by Gasteiger charge is 2.34. The van der Waals surface area contributed by atoms with E-state index in [-0.39, 0.29) is 0 Å². The largest absolute Gasteiger partial charge is 0.204 e. The molecule has 0 spiro atoms. The van der Waals surface area contributed by atoms with Crippen LogP contribution in [0.1, 0.15) is 24.8 Å². The van der Waals surface area contributed by atoms with Gasteiger partial charge >= 0.3 is 0 Å². The van der Waals surface area contributed by atoms with Crippen molar-refractivity contribution in [1.82, 2.24) is 0 Å². The van der Waals surface area contributed by atoms with Gasteiger partial charge in [0.15, 0.2) is 11.6 Å². The molecule has 2 heteroatoms. The van der Waals surface area contributed by atoms with E-state index < -0.39 is 11.6 Å². The minimum Gasteiger partial charge on any atom is -0.204 e. The van der Waals surface area contributed by atoms with Crippen LogP contribution in [-0.4, -0.2) is 0 Å². The zero-order valence-electron chi connectivity index (χ0n) is 6.85. The Kier molecular flexibility index (Phi) is 1.63. The van der Waals surface area contributed by atoms with Gasteiger partial charge in [0.05, 0.1) is 0 Å². The molecule has 1 unspecified atom stereocenters. The zero-order valence-corrected chi connectivity index (χ0v) is 6.85. The fourth-order valence-electron chi connectivity index (χ4n) is 1.53. The van der Waals surface area contributed by atoms with Gasteiger partial charge < -0.3 is 0 Å². The summed E-state index contributed by atoms with van der Waals surface area (Å²) in [5.74, 6) is -0.395. The third-order valence-corrected chi connectivity index (χ3v) is 2.48. The van der Waals surface area contributed by atoms with Crippen molar-refractivity contribution in [3.05, 3.63) is 35.4 Å². The quantitative estimate of drug-likeness (QED) is 0.604. The Morgan fingerprint density at radius 2 is 1.92 bits per heavy atom. The van der Waals surface area contributed by atoms with Gasteiger partial charge in [0, 0.05) is 0 Å². The molecule has 0 nitrogen and oxygen atoms in total. The highest BCUT2D eigenvalue weighted by Crippen LogP contribution is 2.46. The average Bonchev–Trinajstić information content (AvgIpc) is 2.73. The van der Waals surface area contributed by atoms with Crippen LogP contribution in [0.15, 0.2) is 18.2 Å². The van der Waals surface area contributed by atoms with E-state index in [0.717, 1.165) is 12.0 Å². The first-order valence-electron chi connectivity index (χ1n) is 4.13. The Balaban J connectivity index is 2.29. The second-order valence-corrected chi connectivity index (χ2v) is 3.49. The van der Waals surface area contributed by atoms with Gasteiger partial charge in [-0.05, 0) is 36.0 Å². The van der Waals surface area contributed by atoms with E-state index >= 15 is 0 Å². The molecule has 1 saturated carbocycles. The van der Waals surface area contributed by atoms with Crippen molar-refractivity contribution >= 4 is 0 Å². The first kappa shape index (κ1) is 7.71. The lowest BCUT2D eigenvalue weighted by Gasteiger charge is -1.98. The lowest BCUT2D eigenvalue weighted by molar-refractivity contribution is 0.507. The molecule has 0 bridgehead atoms. The number of hydrogen-bond acceptors (Lipinski definition) is 0. The second-order valence-electron chi connectivity index (χ2n) is 3.49. The maximum atomic E-state index is 12.7. The van der Waals surface area contributed by atoms with Crippen LogP contribution in [0, 0.1) is 17.6 Å². The third-order valence-electron chi connectivity index (χ3n) is 2.48. The van der Waals surface area contributed by atoms with Crippen molar-refractivity contribution in [2.75, 3.05) is 0 Å². The number of rotatable bonds is 1. The van der Waals surface area contributed by atoms with Gasteiger partial charge in [-0.15, -0.1) is 0 Å². The van der Waals surface area contributed by atoms with Gasteiger partial charge in [-0.25, -0.2) is 8.78 Å². The SMILES string of the molecule is C[C@@H]1CC1c1ccc(F)c(F)c1. The first-order chi connectivity index (χ1) is 5.68. The molecule has 1 aliphatic rings. The minimum atomic E-state index is -0.757. The molecule has 0 heterocycles. The van der Waals surface area contributed by atoms with E-state index in [1.807, 2.05) is 0 Å². The molecule has 0 saturated heterocycles. The van der Waals surface area contributed by atoms with Gasteiger partial charge in [0.2, 0.25) is 0 Å². The normalized spacial score (nSPS) is 27.2. The summed E-state index contributed by atoms with van der Waals surface area (Å²) in [6.07, 6.45) is 1.10. The molecular weight excluding hydrogens is 158 g/mol. The predicted molar refractivity (Wildman–Crippen MR) is 42.9 cm³/mol. The van der Waals surface area contributed by atoms with Gasteiger partial charge in [0.1, 0.15) is 0 Å². The van der Waals surface area contributed by atoms with Crippen molar-refractivity contribution in [3.8, 4) is 0 Å². The van der Waals surface area contributed by atoms with E-state index in [4.69, 9.17) is 0 Å². The molecule has 1 aromatic carbocycles. The molecule has 1 fully saturated rings. The van der Waals surface area contributed by atoms with Crippen LogP contribution in [0.25, 0.3) is 0 Å². The van der Waals surface area contributed by atoms with Crippen LogP contribution in [-0.2, 0) is 0 Å². The molecule has 64 valence electrons. The topological polar surface area (TPSA) is 0 Å². The first-order valence-corrected chi connectivity index (χ1v) is 4.13. The smallest absolute Gasteiger partial charge is 0.159 e. The number of hydrogen-bond donors (Lipinski definition) is 0. The summed E-state index contributed by atoms with van der Waals surface area (Å²) in [4.78, 5) is 0. The lowest BCUT2D eigenvalue weighted by Crippen LogP contribution is -1.87. The predicted octanol–water partition coefficient (Wildman–Crippen LogP) is 3.09. The minimum absolute atomic E-state index is 0.458. The lowest BCUT2D eigenvalue weighted by atomic mass is 10.1. The van der Waals surface area contributed by atoms with E-state index in [0.29, 0.717) is 11.8 Å². The number of halogens is 2. The molecule has 0 aromatic heterocycles. The fourth-order valence-corrected chi connectivity index (χ4v) is 1.53. The van der Waals surface area contributed by atoms with E-state index in [1.165, 1.54) is 12.1 Å². The second kappa shape index (κ2) is 2.54. The van der Waals surface area contributed by atoms with Gasteiger partial charge in [-0.1, -0.05) is 13.0 Å². The maximum Gasteiger partial charge on any atom is 0.159 e. The molecule has 0 N–H and O–H groups in total. The van der Waals surface area contributed by atoms with Crippen molar-refractivity contribution in [2.45, 2.75) is 19.3 Å². The summed E-state index contributed by atoms with van der Waals surface area (Å²) in [7, 11) is 0. The summed E-state index contributed by atoms with van der Waals surface area (Å²) in [6.45, 7) is 2.12. The van der Waals surface area contributed by atoms with Crippen molar-refractivity contribution in [1.29, 1.82) is 0 Å². The van der Waals surface area contributed by atoms with Gasteiger partial charge in [0.25, 0.3) is 0 Å². The molecule has 2 rings (SSSR count). The summed E-state index contributed by atoms with van der Waals surface area (Å²) in [6, 6.07) is 4.19. The Morgan fingerprint density at radius 3 is 2.42 bits per heavy atom. The van der Waals surface area contributed by atoms with Crippen LogP contribution >= 0.6 is 0 Å². The average molecular weight is 168 g/mol. The van der Waals surface area contributed by atoms with E-state index in [9.17, 15) is 8.78 Å². The Bertz CT molecular complexity index is 307. The van der Waals surface area contributed by atoms with Gasteiger partial charge in [-0.3, -0.25) is 0 Å². The third kappa shape index (κ3) is 1.22. The number of benzene rings is 1. The van der Waals surface area contributed by atoms with Crippen LogP contribution in [0.4, 0.5) is 8.78 Å². The van der Waals surface area contributed by atoms with E-state index in [2.05, 4.69) is 6.92 Å². The standard InChI is InChI=1S/C10H10F2/c1-6-4-8(6)7-2-3-9(11)10(12)5-7/h2-3,5-6,8H,4H2,1H3/t6-,8?/m1/s1. The summed E-state index contributed by atoms with van der Waals surface area (Å²) in [5, 5.41) is 0. The van der Waals surface area contributed by atoms with Crippen LogP contribution < -0.4 is 0 Å². The highest BCUT2D eigenvalue weighted by molar-refractivity contribution is 5.26. The van der Waals surface area contributed by atoms with Crippen LogP contribution in [0.2, 0.25) is 0 Å². The van der Waals surface area contributed by atoms with Crippen LogP contribution in [0.3, 0.4) is 0 Å². The van der Waals surface area contributed by atoms with E-state index in [1.54, 1.807) is 6.07 Å². The summed E-state index contributed by atoms with van der Waals surface area (Å²) < 4.78 is 25.2. The molecule has 12 heavy (non-hydrogen) atoms. The molecule has 1 aliphatic carbocycles. The molecule has 1 aromatic rings. The van der Waals surface area contributed by atoms with Gasteiger partial charge in [-0.2, -0.15) is 0 Å². The Hall–Kier alpha value is -0.920.